The number of hydrogen-bond donors (Lipinski definition) is 2. The predicted molar refractivity (Wildman–Crippen MR) is 73.1 cm³/mol. The molecule has 4 heteroatoms. The van der Waals surface area contributed by atoms with Crippen molar-refractivity contribution in [1.82, 2.24) is 5.32 Å². The molecule has 104 valence electrons. The van der Waals surface area contributed by atoms with Crippen LogP contribution in [0.5, 0.6) is 5.75 Å². The molecule has 0 saturated heterocycles. The summed E-state index contributed by atoms with van der Waals surface area (Å²) in [6.07, 6.45) is 1.94. The number of ether oxygens (including phenoxy) is 1. The van der Waals surface area contributed by atoms with E-state index in [0.717, 1.165) is 24.2 Å². The third kappa shape index (κ3) is 3.96. The molecule has 1 amide bonds. The molecule has 2 rings (SSSR count). The van der Waals surface area contributed by atoms with Crippen LogP contribution < -0.4 is 10.1 Å². The highest BCUT2D eigenvalue weighted by atomic mass is 16.5. The molecule has 19 heavy (non-hydrogen) atoms. The summed E-state index contributed by atoms with van der Waals surface area (Å²) < 4.78 is 5.60. The Balaban J connectivity index is 1.79. The molecule has 1 heterocycles. The van der Waals surface area contributed by atoms with Crippen molar-refractivity contribution in [3.63, 3.8) is 0 Å². The van der Waals surface area contributed by atoms with Gasteiger partial charge in [-0.25, -0.2) is 0 Å². The second kappa shape index (κ2) is 6.57. The van der Waals surface area contributed by atoms with E-state index in [1.807, 2.05) is 24.3 Å². The minimum absolute atomic E-state index is 0.0418. The van der Waals surface area contributed by atoms with Crippen LogP contribution in [0, 0.1) is 5.92 Å². The third-order valence-corrected chi connectivity index (χ3v) is 3.35. The maximum Gasteiger partial charge on any atom is 0.226 e. The van der Waals surface area contributed by atoms with E-state index in [4.69, 9.17) is 9.84 Å². The highest BCUT2D eigenvalue weighted by molar-refractivity contribution is 5.79. The molecule has 2 unspecified atom stereocenters. The molecule has 0 aliphatic carbocycles. The van der Waals surface area contributed by atoms with Gasteiger partial charge in [-0.05, 0) is 37.8 Å². The molecule has 2 N–H and O–H groups in total. The Kier molecular flexibility index (Phi) is 4.80. The number of rotatable bonds is 5. The first-order valence-corrected chi connectivity index (χ1v) is 6.83. The molecule has 0 aromatic heterocycles. The zero-order chi connectivity index (χ0) is 13.7. The molecular formula is C15H21NO3. The van der Waals surface area contributed by atoms with E-state index in [1.165, 1.54) is 0 Å². The van der Waals surface area contributed by atoms with Crippen molar-refractivity contribution in [2.75, 3.05) is 13.2 Å². The lowest BCUT2D eigenvalue weighted by Crippen LogP contribution is -2.37. The van der Waals surface area contributed by atoms with Gasteiger partial charge in [0.2, 0.25) is 5.91 Å². The van der Waals surface area contributed by atoms with Crippen LogP contribution in [0.4, 0.5) is 0 Å². The average Bonchev–Trinajstić information content (AvgIpc) is 2.42. The summed E-state index contributed by atoms with van der Waals surface area (Å²) in [6, 6.07) is 7.84. The first-order chi connectivity index (χ1) is 9.16. The van der Waals surface area contributed by atoms with E-state index >= 15 is 0 Å². The summed E-state index contributed by atoms with van der Waals surface area (Å²) >= 11 is 0. The van der Waals surface area contributed by atoms with E-state index in [0.29, 0.717) is 19.6 Å². The Labute approximate surface area is 113 Å². The fourth-order valence-corrected chi connectivity index (χ4v) is 2.25. The molecule has 1 aliphatic rings. The highest BCUT2D eigenvalue weighted by Gasteiger charge is 2.25. The fourth-order valence-electron chi connectivity index (χ4n) is 2.25. The number of carbonyl (C=O) groups excluding carboxylic acids is 1. The van der Waals surface area contributed by atoms with Gasteiger partial charge >= 0.3 is 0 Å². The lowest BCUT2D eigenvalue weighted by Gasteiger charge is -2.24. The number of carbonyl (C=O) groups is 1. The molecule has 4 nitrogen and oxygen atoms in total. The lowest BCUT2D eigenvalue weighted by molar-refractivity contribution is -0.126. The summed E-state index contributed by atoms with van der Waals surface area (Å²) in [4.78, 5) is 12.0. The molecule has 1 aromatic carbocycles. The average molecular weight is 263 g/mol. The van der Waals surface area contributed by atoms with Crippen LogP contribution in [0.1, 0.15) is 25.3 Å². The van der Waals surface area contributed by atoms with Crippen LogP contribution in [0.2, 0.25) is 0 Å². The molecule has 0 radical (unpaired) electrons. The van der Waals surface area contributed by atoms with Crippen molar-refractivity contribution in [3.8, 4) is 5.75 Å². The second-order valence-electron chi connectivity index (χ2n) is 5.10. The van der Waals surface area contributed by atoms with Crippen molar-refractivity contribution in [1.29, 1.82) is 0 Å². The van der Waals surface area contributed by atoms with E-state index in [9.17, 15) is 4.79 Å². The minimum Gasteiger partial charge on any atom is -0.492 e. The van der Waals surface area contributed by atoms with Gasteiger partial charge in [0.1, 0.15) is 12.4 Å². The van der Waals surface area contributed by atoms with Gasteiger partial charge < -0.3 is 15.2 Å². The van der Waals surface area contributed by atoms with Crippen molar-refractivity contribution >= 4 is 5.91 Å². The monoisotopic (exact) mass is 263 g/mol. The minimum atomic E-state index is -0.304. The SMILES string of the molecule is CC(O)CCCNC(=O)C1COc2ccccc2C1. The summed E-state index contributed by atoms with van der Waals surface area (Å²) in [5.74, 6) is 0.821. The fraction of sp³-hybridized carbons (Fsp3) is 0.533. The number of nitrogens with one attached hydrogen (secondary N) is 1. The number of para-hydroxylation sites is 1. The van der Waals surface area contributed by atoms with Gasteiger partial charge in [-0.2, -0.15) is 0 Å². The van der Waals surface area contributed by atoms with Gasteiger partial charge in [0.15, 0.2) is 0 Å². The Morgan fingerprint density at radius 1 is 1.53 bits per heavy atom. The van der Waals surface area contributed by atoms with E-state index in [2.05, 4.69) is 5.32 Å². The summed E-state index contributed by atoms with van der Waals surface area (Å²) in [7, 11) is 0. The normalized spacial score (nSPS) is 19.2. The molecule has 1 aliphatic heterocycles. The van der Waals surface area contributed by atoms with Crippen molar-refractivity contribution in [2.24, 2.45) is 5.92 Å². The van der Waals surface area contributed by atoms with Crippen LogP contribution in [0.15, 0.2) is 24.3 Å². The molecule has 0 fully saturated rings. The van der Waals surface area contributed by atoms with Crippen LogP contribution in [-0.4, -0.2) is 30.3 Å². The van der Waals surface area contributed by atoms with E-state index < -0.39 is 0 Å². The predicted octanol–water partition coefficient (Wildman–Crippen LogP) is 1.51. The lowest BCUT2D eigenvalue weighted by atomic mass is 9.96. The molecule has 0 spiro atoms. The number of benzene rings is 1. The van der Waals surface area contributed by atoms with Gasteiger partial charge in [-0.1, -0.05) is 18.2 Å². The van der Waals surface area contributed by atoms with Crippen LogP contribution >= 0.6 is 0 Å². The zero-order valence-corrected chi connectivity index (χ0v) is 11.3. The molecule has 2 atom stereocenters. The number of aliphatic hydroxyl groups is 1. The molecule has 0 bridgehead atoms. The van der Waals surface area contributed by atoms with Gasteiger partial charge in [-0.15, -0.1) is 0 Å². The molecule has 0 saturated carbocycles. The van der Waals surface area contributed by atoms with Crippen LogP contribution in [0.3, 0.4) is 0 Å². The van der Waals surface area contributed by atoms with Gasteiger partial charge in [0.05, 0.1) is 12.0 Å². The number of hydrogen-bond acceptors (Lipinski definition) is 3. The standard InChI is InChI=1S/C15H21NO3/c1-11(17)5-4-8-16-15(18)13-9-12-6-2-3-7-14(12)19-10-13/h2-3,6-7,11,13,17H,4-5,8-10H2,1H3,(H,16,18). The number of aliphatic hydroxyl groups excluding tert-OH is 1. The van der Waals surface area contributed by atoms with Crippen molar-refractivity contribution in [2.45, 2.75) is 32.3 Å². The smallest absolute Gasteiger partial charge is 0.226 e. The Morgan fingerprint density at radius 3 is 3.11 bits per heavy atom. The van der Waals surface area contributed by atoms with Gasteiger partial charge in [0, 0.05) is 6.54 Å². The number of fused-ring (bicyclic) bond motifs is 1. The summed E-state index contributed by atoms with van der Waals surface area (Å²) in [5, 5.41) is 12.1. The van der Waals surface area contributed by atoms with Crippen LogP contribution in [0.25, 0.3) is 0 Å². The topological polar surface area (TPSA) is 58.6 Å². The Morgan fingerprint density at radius 2 is 2.32 bits per heavy atom. The zero-order valence-electron chi connectivity index (χ0n) is 11.3. The Hall–Kier alpha value is -1.55. The first-order valence-electron chi connectivity index (χ1n) is 6.83. The third-order valence-electron chi connectivity index (χ3n) is 3.35. The summed E-state index contributed by atoms with van der Waals surface area (Å²) in [5.41, 5.74) is 1.10. The van der Waals surface area contributed by atoms with Crippen molar-refractivity contribution < 1.29 is 14.6 Å². The molecule has 1 aromatic rings. The van der Waals surface area contributed by atoms with Crippen molar-refractivity contribution in [3.05, 3.63) is 29.8 Å². The van der Waals surface area contributed by atoms with Crippen LogP contribution in [-0.2, 0) is 11.2 Å². The summed E-state index contributed by atoms with van der Waals surface area (Å²) in [6.45, 7) is 2.81. The maximum absolute atomic E-state index is 12.0. The molecular weight excluding hydrogens is 242 g/mol. The van der Waals surface area contributed by atoms with E-state index in [-0.39, 0.29) is 17.9 Å². The highest BCUT2D eigenvalue weighted by Crippen LogP contribution is 2.26. The van der Waals surface area contributed by atoms with Gasteiger partial charge in [0.25, 0.3) is 0 Å². The Bertz CT molecular complexity index is 431. The largest absolute Gasteiger partial charge is 0.492 e. The quantitative estimate of drug-likeness (QED) is 0.792. The second-order valence-corrected chi connectivity index (χ2v) is 5.10. The number of amides is 1. The first kappa shape index (κ1) is 13.9. The maximum atomic E-state index is 12.0. The van der Waals surface area contributed by atoms with Gasteiger partial charge in [-0.3, -0.25) is 4.79 Å². The van der Waals surface area contributed by atoms with E-state index in [1.54, 1.807) is 6.92 Å².